The van der Waals surface area contributed by atoms with Gasteiger partial charge in [0.05, 0.1) is 56.9 Å². The third-order valence-electron chi connectivity index (χ3n) is 8.32. The smallest absolute Gasteiger partial charge is 0.408 e. The molecule has 1 fully saturated rings. The quantitative estimate of drug-likeness (QED) is 0.131. The zero-order valence-electron chi connectivity index (χ0n) is 30.2. The molecule has 4 rings (SSSR count). The summed E-state index contributed by atoms with van der Waals surface area (Å²) in [5.41, 5.74) is 1.70. The summed E-state index contributed by atoms with van der Waals surface area (Å²) in [6, 6.07) is 7.04. The number of nitrogens with zero attached hydrogens (tertiary/aromatic N) is 4. The molecule has 1 amide bonds. The van der Waals surface area contributed by atoms with Crippen LogP contribution in [-0.2, 0) is 32.0 Å². The van der Waals surface area contributed by atoms with E-state index in [9.17, 15) is 22.8 Å². The predicted molar refractivity (Wildman–Crippen MR) is 187 cm³/mol. The highest BCUT2D eigenvalue weighted by Crippen LogP contribution is 2.32. The van der Waals surface area contributed by atoms with Crippen LogP contribution in [0, 0.1) is 24.7 Å². The Bertz CT molecular complexity index is 1690. The number of nitrogens with one attached hydrogen (secondary N) is 2. The summed E-state index contributed by atoms with van der Waals surface area (Å²) in [4.78, 5) is 26.0. The maximum atomic E-state index is 13.7. The monoisotopic (exact) mass is 718 g/mol. The molecule has 0 spiro atoms. The van der Waals surface area contributed by atoms with E-state index in [0.717, 1.165) is 31.6 Å². The Balaban J connectivity index is 1.34. The molecule has 51 heavy (non-hydrogen) atoms. The van der Waals surface area contributed by atoms with Crippen molar-refractivity contribution < 1.29 is 41.7 Å². The van der Waals surface area contributed by atoms with Crippen molar-refractivity contribution in [2.24, 2.45) is 5.92 Å². The first kappa shape index (κ1) is 39.5. The molecule has 2 atom stereocenters. The van der Waals surface area contributed by atoms with Crippen molar-refractivity contribution in [3.8, 4) is 11.8 Å². The second kappa shape index (κ2) is 17.8. The van der Waals surface area contributed by atoms with Crippen LogP contribution in [-0.4, -0.2) is 109 Å². The summed E-state index contributed by atoms with van der Waals surface area (Å²) in [5, 5.41) is 11.1. The number of amides is 1. The van der Waals surface area contributed by atoms with Crippen LogP contribution < -0.4 is 10.6 Å². The molecule has 1 aliphatic rings. The standard InChI is InChI=1S/C36H49F3N6O6/c1-25-29(33(46)48-6)23-44(42-25)16-18-50-20-19-49-17-13-26-22-43(5)15-12-30(26)41-31-10-7-11-32-28(31)21-27(45(32)24-36(37,38)39)9-8-14-40-34(47)51-35(2,3)4/h7,10-11,21,23,26,30,41H,12-20,22,24H2,1-6H3,(H,40,47). The number of fused-ring (bicyclic) bond motifs is 1. The number of piperidine rings is 1. The Morgan fingerprint density at radius 2 is 1.84 bits per heavy atom. The molecule has 1 aromatic carbocycles. The van der Waals surface area contributed by atoms with Gasteiger partial charge in [0.2, 0.25) is 0 Å². The first-order valence-electron chi connectivity index (χ1n) is 17.0. The molecule has 0 aliphatic carbocycles. The number of aryl methyl sites for hydroxylation is 1. The summed E-state index contributed by atoms with van der Waals surface area (Å²) >= 11 is 0. The number of methoxy groups -OCH3 is 1. The third kappa shape index (κ3) is 12.2. The highest BCUT2D eigenvalue weighted by atomic mass is 19.4. The molecule has 1 aliphatic heterocycles. The van der Waals surface area contributed by atoms with Crippen molar-refractivity contribution in [1.29, 1.82) is 0 Å². The van der Waals surface area contributed by atoms with E-state index >= 15 is 0 Å². The molecule has 2 N–H and O–H groups in total. The van der Waals surface area contributed by atoms with Gasteiger partial charge < -0.3 is 39.0 Å². The van der Waals surface area contributed by atoms with Crippen LogP contribution in [0.4, 0.5) is 23.7 Å². The van der Waals surface area contributed by atoms with E-state index in [-0.39, 0.29) is 24.2 Å². The van der Waals surface area contributed by atoms with Gasteiger partial charge in [-0.15, -0.1) is 0 Å². The number of anilines is 1. The van der Waals surface area contributed by atoms with Gasteiger partial charge in [-0.05, 0) is 84.2 Å². The molecule has 3 aromatic rings. The molecule has 1 saturated heterocycles. The van der Waals surface area contributed by atoms with Crippen LogP contribution in [0.25, 0.3) is 10.9 Å². The Hall–Kier alpha value is -4.26. The average molecular weight is 719 g/mol. The summed E-state index contributed by atoms with van der Waals surface area (Å²) in [5.74, 6) is 5.40. The van der Waals surface area contributed by atoms with Gasteiger partial charge >= 0.3 is 18.2 Å². The van der Waals surface area contributed by atoms with Gasteiger partial charge in [0, 0.05) is 36.5 Å². The molecule has 3 heterocycles. The average Bonchev–Trinajstić information content (AvgIpc) is 3.59. The van der Waals surface area contributed by atoms with Crippen molar-refractivity contribution >= 4 is 28.7 Å². The summed E-state index contributed by atoms with van der Waals surface area (Å²) < 4.78 is 65.5. The number of alkyl halides is 3. The lowest BCUT2D eigenvalue weighted by atomic mass is 9.89. The number of aromatic nitrogens is 3. The zero-order chi connectivity index (χ0) is 37.2. The van der Waals surface area contributed by atoms with Gasteiger partial charge in [0.15, 0.2) is 0 Å². The fraction of sp³-hybridized carbons (Fsp3) is 0.583. The molecule has 0 bridgehead atoms. The number of carbonyl (C=O) groups is 2. The van der Waals surface area contributed by atoms with E-state index in [1.165, 1.54) is 11.7 Å². The molecule has 280 valence electrons. The molecule has 15 heteroatoms. The Morgan fingerprint density at radius 1 is 1.10 bits per heavy atom. The number of rotatable bonds is 14. The number of hydrogen-bond acceptors (Lipinski definition) is 9. The minimum absolute atomic E-state index is 0.0801. The third-order valence-corrected chi connectivity index (χ3v) is 8.32. The van der Waals surface area contributed by atoms with Crippen LogP contribution in [0.2, 0.25) is 0 Å². The number of benzene rings is 1. The fourth-order valence-corrected chi connectivity index (χ4v) is 5.98. The summed E-state index contributed by atoms with van der Waals surface area (Å²) in [6.07, 6.45) is -1.82. The number of likely N-dealkylation sites (tertiary alicyclic amines) is 1. The molecule has 0 radical (unpaired) electrons. The van der Waals surface area contributed by atoms with Gasteiger partial charge in [-0.3, -0.25) is 4.68 Å². The maximum Gasteiger partial charge on any atom is 0.408 e. The van der Waals surface area contributed by atoms with E-state index in [2.05, 4.69) is 39.5 Å². The van der Waals surface area contributed by atoms with E-state index in [0.29, 0.717) is 55.1 Å². The molecular weight excluding hydrogens is 669 g/mol. The van der Waals surface area contributed by atoms with Crippen LogP contribution >= 0.6 is 0 Å². The highest BCUT2D eigenvalue weighted by molar-refractivity contribution is 5.94. The van der Waals surface area contributed by atoms with Crippen LogP contribution in [0.1, 0.15) is 55.4 Å². The lowest BCUT2D eigenvalue weighted by molar-refractivity contribution is -0.140. The number of carbonyl (C=O) groups excluding carboxylic acids is 2. The Labute approximate surface area is 296 Å². The fourth-order valence-electron chi connectivity index (χ4n) is 5.98. The first-order valence-corrected chi connectivity index (χ1v) is 17.0. The van der Waals surface area contributed by atoms with Crippen molar-refractivity contribution in [1.82, 2.24) is 24.6 Å². The number of esters is 1. The molecule has 0 saturated carbocycles. The largest absolute Gasteiger partial charge is 0.465 e. The number of alkyl carbamates (subject to hydrolysis) is 1. The normalized spacial score (nSPS) is 16.8. The van der Waals surface area contributed by atoms with E-state index in [4.69, 9.17) is 18.9 Å². The summed E-state index contributed by atoms with van der Waals surface area (Å²) in [6.45, 7) is 9.68. The van der Waals surface area contributed by atoms with Crippen molar-refractivity contribution in [2.45, 2.75) is 71.4 Å². The van der Waals surface area contributed by atoms with Crippen LogP contribution in [0.15, 0.2) is 30.5 Å². The molecule has 2 aromatic heterocycles. The zero-order valence-corrected chi connectivity index (χ0v) is 30.2. The predicted octanol–water partition coefficient (Wildman–Crippen LogP) is 5.23. The number of halogens is 3. The van der Waals surface area contributed by atoms with E-state index in [1.54, 1.807) is 56.8 Å². The van der Waals surface area contributed by atoms with Crippen molar-refractivity contribution in [3.05, 3.63) is 47.4 Å². The van der Waals surface area contributed by atoms with E-state index < -0.39 is 30.4 Å². The second-order valence-electron chi connectivity index (χ2n) is 13.6. The lowest BCUT2D eigenvalue weighted by Crippen LogP contribution is -2.45. The Morgan fingerprint density at radius 3 is 2.55 bits per heavy atom. The van der Waals surface area contributed by atoms with Gasteiger partial charge in [0.1, 0.15) is 17.7 Å². The lowest BCUT2D eigenvalue weighted by Gasteiger charge is -2.38. The SMILES string of the molecule is COC(=O)c1cn(CCOCCOCCC2CN(C)CCC2Nc2cccc3c2cc(C#CCNC(=O)OC(C)(C)C)n3CC(F)(F)F)nc1C. The second-order valence-corrected chi connectivity index (χ2v) is 13.6. The Kier molecular flexibility index (Phi) is 13.8. The minimum atomic E-state index is -4.46. The summed E-state index contributed by atoms with van der Waals surface area (Å²) in [7, 11) is 3.41. The van der Waals surface area contributed by atoms with Gasteiger partial charge in [-0.1, -0.05) is 12.0 Å². The molecular formula is C36H49F3N6O6. The van der Waals surface area contributed by atoms with Crippen LogP contribution in [0.5, 0.6) is 0 Å². The van der Waals surface area contributed by atoms with Gasteiger partial charge in [0.25, 0.3) is 0 Å². The van der Waals surface area contributed by atoms with Crippen molar-refractivity contribution in [2.75, 3.05) is 65.5 Å². The topological polar surface area (TPSA) is 121 Å². The van der Waals surface area contributed by atoms with E-state index in [1.807, 2.05) is 6.07 Å². The van der Waals surface area contributed by atoms with Gasteiger partial charge in [-0.2, -0.15) is 18.3 Å². The molecule has 12 nitrogen and oxygen atoms in total. The molecule has 2 unspecified atom stereocenters. The first-order chi connectivity index (χ1) is 24.1. The van der Waals surface area contributed by atoms with Crippen molar-refractivity contribution in [3.63, 3.8) is 0 Å². The maximum absolute atomic E-state index is 13.7. The van der Waals surface area contributed by atoms with Crippen LogP contribution in [0.3, 0.4) is 0 Å². The number of ether oxygens (including phenoxy) is 4. The van der Waals surface area contributed by atoms with Gasteiger partial charge in [-0.25, -0.2) is 9.59 Å². The highest BCUT2D eigenvalue weighted by Gasteiger charge is 2.31. The minimum Gasteiger partial charge on any atom is -0.465 e. The number of hydrogen-bond donors (Lipinski definition) is 2.